The molecule has 0 aromatic heterocycles. The van der Waals surface area contributed by atoms with E-state index in [9.17, 15) is 24.8 Å². The van der Waals surface area contributed by atoms with Crippen molar-refractivity contribution in [2.45, 2.75) is 0 Å². The van der Waals surface area contributed by atoms with Crippen LogP contribution in [0.3, 0.4) is 0 Å². The Balaban J connectivity index is 1.55. The zero-order valence-electron chi connectivity index (χ0n) is 14.6. The number of Topliss-reactive ketones (excluding diaryl/α,β-unsaturated/α-hetero) is 1. The van der Waals surface area contributed by atoms with E-state index in [0.29, 0.717) is 37.3 Å². The van der Waals surface area contributed by atoms with Crippen molar-refractivity contribution in [3.63, 3.8) is 0 Å². The van der Waals surface area contributed by atoms with E-state index < -0.39 is 4.92 Å². The molecule has 0 atom stereocenters. The summed E-state index contributed by atoms with van der Waals surface area (Å²) in [5.74, 6) is -0.380. The van der Waals surface area contributed by atoms with Gasteiger partial charge >= 0.3 is 0 Å². The van der Waals surface area contributed by atoms with Crippen molar-refractivity contribution in [1.29, 1.82) is 0 Å². The van der Waals surface area contributed by atoms with Crippen molar-refractivity contribution in [3.05, 3.63) is 69.8 Å². The number of carbonyl (C=O) groups excluding carboxylic acids is 2. The Bertz CT molecular complexity index is 858. The molecule has 1 fully saturated rings. The van der Waals surface area contributed by atoms with Crippen molar-refractivity contribution in [2.75, 3.05) is 32.7 Å². The van der Waals surface area contributed by atoms with Crippen LogP contribution >= 0.6 is 0 Å². The maximum atomic E-state index is 12.5. The molecule has 140 valence electrons. The first-order valence-corrected chi connectivity index (χ1v) is 8.53. The fraction of sp³-hybridized carbons (Fsp3) is 0.263. The normalized spacial score (nSPS) is 14.7. The highest BCUT2D eigenvalue weighted by Gasteiger charge is 2.24. The number of phenolic OH excluding ortho intramolecular Hbond substituents is 1. The SMILES string of the molecule is O=C(CN1CCN(C(=O)c2ccc([N+](=O)[O-])cc2)CC1)c1ccccc1O. The Kier molecular flexibility index (Phi) is 5.46. The average molecular weight is 369 g/mol. The number of non-ortho nitro benzene ring substituents is 1. The zero-order valence-corrected chi connectivity index (χ0v) is 14.6. The summed E-state index contributed by atoms with van der Waals surface area (Å²) in [6.45, 7) is 2.18. The van der Waals surface area contributed by atoms with Gasteiger partial charge in [0.25, 0.3) is 11.6 Å². The first-order chi connectivity index (χ1) is 13.0. The molecule has 0 aliphatic carbocycles. The van der Waals surface area contributed by atoms with Gasteiger partial charge in [-0.05, 0) is 24.3 Å². The fourth-order valence-corrected chi connectivity index (χ4v) is 3.02. The predicted molar refractivity (Wildman–Crippen MR) is 97.9 cm³/mol. The highest BCUT2D eigenvalue weighted by atomic mass is 16.6. The minimum atomic E-state index is -0.505. The Morgan fingerprint density at radius 2 is 1.63 bits per heavy atom. The van der Waals surface area contributed by atoms with Crippen LogP contribution in [0.4, 0.5) is 5.69 Å². The minimum absolute atomic E-state index is 0.0329. The van der Waals surface area contributed by atoms with E-state index in [1.807, 2.05) is 4.90 Å². The van der Waals surface area contributed by atoms with E-state index in [4.69, 9.17) is 0 Å². The molecule has 2 aromatic rings. The van der Waals surface area contributed by atoms with Gasteiger partial charge in [-0.3, -0.25) is 24.6 Å². The average Bonchev–Trinajstić information content (AvgIpc) is 2.68. The number of nitrogens with zero attached hydrogens (tertiary/aromatic N) is 3. The summed E-state index contributed by atoms with van der Waals surface area (Å²) in [6, 6.07) is 12.0. The smallest absolute Gasteiger partial charge is 0.269 e. The third-order valence-corrected chi connectivity index (χ3v) is 4.56. The fourth-order valence-electron chi connectivity index (χ4n) is 3.02. The highest BCUT2D eigenvalue weighted by Crippen LogP contribution is 2.18. The van der Waals surface area contributed by atoms with Gasteiger partial charge in [0.15, 0.2) is 5.78 Å². The van der Waals surface area contributed by atoms with Gasteiger partial charge in [-0.1, -0.05) is 12.1 Å². The second kappa shape index (κ2) is 7.96. The molecule has 2 aromatic carbocycles. The van der Waals surface area contributed by atoms with Gasteiger partial charge in [-0.15, -0.1) is 0 Å². The second-order valence-corrected chi connectivity index (χ2v) is 6.31. The maximum absolute atomic E-state index is 12.5. The molecule has 8 nitrogen and oxygen atoms in total. The van der Waals surface area contributed by atoms with Crippen molar-refractivity contribution < 1.29 is 19.6 Å². The van der Waals surface area contributed by atoms with Gasteiger partial charge in [-0.25, -0.2) is 0 Å². The molecule has 3 rings (SSSR count). The molecule has 1 aliphatic heterocycles. The largest absolute Gasteiger partial charge is 0.507 e. The van der Waals surface area contributed by atoms with Gasteiger partial charge in [0, 0.05) is 43.9 Å². The number of piperazine rings is 1. The van der Waals surface area contributed by atoms with Crippen LogP contribution in [-0.4, -0.2) is 64.2 Å². The topological polar surface area (TPSA) is 104 Å². The number of amides is 1. The summed E-state index contributed by atoms with van der Waals surface area (Å²) in [6.07, 6.45) is 0. The summed E-state index contributed by atoms with van der Waals surface area (Å²) >= 11 is 0. The molecule has 0 saturated carbocycles. The molecule has 1 heterocycles. The van der Waals surface area contributed by atoms with E-state index in [2.05, 4.69) is 0 Å². The van der Waals surface area contributed by atoms with Crippen LogP contribution in [0.1, 0.15) is 20.7 Å². The number of hydrogen-bond acceptors (Lipinski definition) is 6. The quantitative estimate of drug-likeness (QED) is 0.491. The Morgan fingerprint density at radius 3 is 2.22 bits per heavy atom. The van der Waals surface area contributed by atoms with Crippen molar-refractivity contribution in [2.24, 2.45) is 0 Å². The third kappa shape index (κ3) is 4.29. The molecule has 1 saturated heterocycles. The lowest BCUT2D eigenvalue weighted by Crippen LogP contribution is -2.49. The molecule has 1 amide bonds. The number of carbonyl (C=O) groups is 2. The summed E-state index contributed by atoms with van der Waals surface area (Å²) in [5.41, 5.74) is 0.639. The van der Waals surface area contributed by atoms with E-state index in [0.717, 1.165) is 0 Å². The van der Waals surface area contributed by atoms with Crippen LogP contribution in [0, 0.1) is 10.1 Å². The molecule has 0 bridgehead atoms. The minimum Gasteiger partial charge on any atom is -0.507 e. The second-order valence-electron chi connectivity index (χ2n) is 6.31. The summed E-state index contributed by atoms with van der Waals surface area (Å²) < 4.78 is 0. The summed E-state index contributed by atoms with van der Waals surface area (Å²) in [4.78, 5) is 38.6. The number of phenols is 1. The molecule has 27 heavy (non-hydrogen) atoms. The van der Waals surface area contributed by atoms with Gasteiger partial charge < -0.3 is 10.0 Å². The molecular weight excluding hydrogens is 350 g/mol. The first-order valence-electron chi connectivity index (χ1n) is 8.53. The number of para-hydroxylation sites is 1. The van der Waals surface area contributed by atoms with Crippen LogP contribution in [0.15, 0.2) is 48.5 Å². The van der Waals surface area contributed by atoms with Crippen LogP contribution in [0.5, 0.6) is 5.75 Å². The highest BCUT2D eigenvalue weighted by molar-refractivity contribution is 6.00. The number of hydrogen-bond donors (Lipinski definition) is 1. The summed E-state index contributed by atoms with van der Waals surface area (Å²) in [5, 5.41) is 20.5. The van der Waals surface area contributed by atoms with E-state index >= 15 is 0 Å². The third-order valence-electron chi connectivity index (χ3n) is 4.56. The van der Waals surface area contributed by atoms with Crippen molar-refractivity contribution in [3.8, 4) is 5.75 Å². The van der Waals surface area contributed by atoms with Crippen LogP contribution in [-0.2, 0) is 0 Å². The van der Waals surface area contributed by atoms with E-state index in [1.165, 1.54) is 30.3 Å². The maximum Gasteiger partial charge on any atom is 0.269 e. The standard InChI is InChI=1S/C19H19N3O5/c23-17-4-2-1-3-16(17)18(24)13-20-9-11-21(12-10-20)19(25)14-5-7-15(8-6-14)22(26)27/h1-8,23H,9-13H2. The summed E-state index contributed by atoms with van der Waals surface area (Å²) in [7, 11) is 0. The van der Waals surface area contributed by atoms with Crippen LogP contribution in [0.25, 0.3) is 0 Å². The van der Waals surface area contributed by atoms with Gasteiger partial charge in [0.1, 0.15) is 5.75 Å². The number of benzene rings is 2. The Labute approximate surface area is 155 Å². The number of nitro groups is 1. The molecule has 0 unspecified atom stereocenters. The number of ketones is 1. The number of nitro benzene ring substituents is 1. The molecule has 1 aliphatic rings. The van der Waals surface area contributed by atoms with Crippen LogP contribution in [0.2, 0.25) is 0 Å². The first kappa shape index (κ1) is 18.5. The zero-order chi connectivity index (χ0) is 19.4. The lowest BCUT2D eigenvalue weighted by molar-refractivity contribution is -0.384. The van der Waals surface area contributed by atoms with E-state index in [-0.39, 0.29) is 29.7 Å². The Hall–Kier alpha value is -3.26. The lowest BCUT2D eigenvalue weighted by atomic mass is 10.1. The molecule has 0 spiro atoms. The molecule has 1 N–H and O–H groups in total. The van der Waals surface area contributed by atoms with Crippen LogP contribution < -0.4 is 0 Å². The van der Waals surface area contributed by atoms with E-state index in [1.54, 1.807) is 23.1 Å². The van der Waals surface area contributed by atoms with Crippen molar-refractivity contribution >= 4 is 17.4 Å². The van der Waals surface area contributed by atoms with Crippen molar-refractivity contribution in [1.82, 2.24) is 9.80 Å². The number of aromatic hydroxyl groups is 1. The molecular formula is C19H19N3O5. The molecule has 8 heteroatoms. The Morgan fingerprint density at radius 1 is 1.00 bits per heavy atom. The van der Waals surface area contributed by atoms with Gasteiger partial charge in [0.2, 0.25) is 0 Å². The number of rotatable bonds is 5. The van der Waals surface area contributed by atoms with Gasteiger partial charge in [0.05, 0.1) is 17.0 Å². The molecule has 0 radical (unpaired) electrons. The predicted octanol–water partition coefficient (Wildman–Crippen LogP) is 1.94. The lowest BCUT2D eigenvalue weighted by Gasteiger charge is -2.34. The monoisotopic (exact) mass is 369 g/mol. The van der Waals surface area contributed by atoms with Gasteiger partial charge in [-0.2, -0.15) is 0 Å².